The maximum Gasteiger partial charge on any atom is 0.0417 e. The number of rotatable bonds is 0. The molecule has 1 aromatic carbocycles. The van der Waals surface area contributed by atoms with Crippen molar-refractivity contribution in [3.63, 3.8) is 0 Å². The molecule has 0 nitrogen and oxygen atoms in total. The van der Waals surface area contributed by atoms with Gasteiger partial charge in [-0.05, 0) is 24.6 Å². The predicted molar refractivity (Wildman–Crippen MR) is 55.8 cm³/mol. The summed E-state index contributed by atoms with van der Waals surface area (Å²) in [5.74, 6) is 1.09. The fourth-order valence-electron chi connectivity index (χ4n) is 1.25. The van der Waals surface area contributed by atoms with E-state index in [9.17, 15) is 0 Å². The Hall–Kier alpha value is -0.400. The van der Waals surface area contributed by atoms with Gasteiger partial charge in [0.2, 0.25) is 0 Å². The van der Waals surface area contributed by atoms with Crippen molar-refractivity contribution in [1.82, 2.24) is 0 Å². The third kappa shape index (κ3) is 1.52. The zero-order chi connectivity index (χ0) is 8.55. The van der Waals surface area contributed by atoms with Gasteiger partial charge in [0.05, 0.1) is 0 Å². The molecule has 2 heteroatoms. The van der Waals surface area contributed by atoms with Gasteiger partial charge in [0, 0.05) is 15.7 Å². The molecule has 0 saturated heterocycles. The van der Waals surface area contributed by atoms with E-state index >= 15 is 0 Å². The zero-order valence-electron chi connectivity index (χ0n) is 6.80. The summed E-state index contributed by atoms with van der Waals surface area (Å²) in [6, 6.07) is 6.05. The van der Waals surface area contributed by atoms with E-state index in [-0.39, 0.29) is 0 Å². The minimum Gasteiger partial charge on any atom is -0.121 e. The van der Waals surface area contributed by atoms with Crippen LogP contribution < -0.4 is 0 Å². The van der Waals surface area contributed by atoms with Crippen molar-refractivity contribution < 1.29 is 0 Å². The molecule has 1 aliphatic heterocycles. The van der Waals surface area contributed by atoms with Crippen LogP contribution in [0.3, 0.4) is 0 Å². The standard InChI is InChI=1S/C10H9ClS/c1-7-4-8-2-3-9(11)5-10(8)12-6-7/h2-5H,6H2,1H3. The van der Waals surface area contributed by atoms with Crippen molar-refractivity contribution in [3.8, 4) is 0 Å². The lowest BCUT2D eigenvalue weighted by Gasteiger charge is -2.12. The van der Waals surface area contributed by atoms with Gasteiger partial charge in [0.1, 0.15) is 0 Å². The Morgan fingerprint density at radius 2 is 2.25 bits per heavy atom. The summed E-state index contributed by atoms with van der Waals surface area (Å²) < 4.78 is 0. The van der Waals surface area contributed by atoms with Gasteiger partial charge in [-0.3, -0.25) is 0 Å². The van der Waals surface area contributed by atoms with Gasteiger partial charge in [-0.25, -0.2) is 0 Å². The summed E-state index contributed by atoms with van der Waals surface area (Å²) in [7, 11) is 0. The summed E-state index contributed by atoms with van der Waals surface area (Å²) >= 11 is 7.74. The number of halogens is 1. The van der Waals surface area contributed by atoms with Crippen molar-refractivity contribution >= 4 is 29.4 Å². The summed E-state index contributed by atoms with van der Waals surface area (Å²) in [4.78, 5) is 1.30. The van der Waals surface area contributed by atoms with Crippen molar-refractivity contribution in [2.24, 2.45) is 0 Å². The lowest BCUT2D eigenvalue weighted by atomic mass is 10.1. The Bertz CT molecular complexity index is 342. The molecular formula is C10H9ClS. The SMILES string of the molecule is CC1=Cc2ccc(Cl)cc2SC1. The van der Waals surface area contributed by atoms with Crippen molar-refractivity contribution in [2.75, 3.05) is 5.75 Å². The summed E-state index contributed by atoms with van der Waals surface area (Å²) in [6.07, 6.45) is 2.22. The molecule has 0 radical (unpaired) electrons. The normalized spacial score (nSPS) is 15.3. The molecule has 0 aliphatic carbocycles. The maximum absolute atomic E-state index is 5.88. The van der Waals surface area contributed by atoms with Gasteiger partial charge in [0.15, 0.2) is 0 Å². The van der Waals surface area contributed by atoms with Crippen LogP contribution in [0, 0.1) is 0 Å². The average molecular weight is 197 g/mol. The monoisotopic (exact) mass is 196 g/mol. The minimum absolute atomic E-state index is 0.828. The van der Waals surface area contributed by atoms with Gasteiger partial charge in [0.25, 0.3) is 0 Å². The van der Waals surface area contributed by atoms with Crippen LogP contribution in [0.5, 0.6) is 0 Å². The van der Waals surface area contributed by atoms with Crippen molar-refractivity contribution in [2.45, 2.75) is 11.8 Å². The third-order valence-corrected chi connectivity index (χ3v) is 3.33. The largest absolute Gasteiger partial charge is 0.121 e. The molecule has 12 heavy (non-hydrogen) atoms. The Labute approximate surface area is 81.6 Å². The van der Waals surface area contributed by atoms with E-state index in [2.05, 4.69) is 19.1 Å². The van der Waals surface area contributed by atoms with E-state index in [1.807, 2.05) is 23.9 Å². The molecule has 0 amide bonds. The molecule has 0 fully saturated rings. The molecule has 1 aromatic rings. The predicted octanol–water partition coefficient (Wildman–Crippen LogP) is 3.85. The van der Waals surface area contributed by atoms with Crippen LogP contribution in [0.2, 0.25) is 5.02 Å². The quantitative estimate of drug-likeness (QED) is 0.608. The van der Waals surface area contributed by atoms with E-state index < -0.39 is 0 Å². The first-order chi connectivity index (χ1) is 5.75. The number of hydrogen-bond acceptors (Lipinski definition) is 1. The second kappa shape index (κ2) is 3.15. The van der Waals surface area contributed by atoms with Gasteiger partial charge in [-0.15, -0.1) is 11.8 Å². The van der Waals surface area contributed by atoms with E-state index in [0.29, 0.717) is 0 Å². The molecule has 0 aromatic heterocycles. The average Bonchev–Trinajstić information content (AvgIpc) is 2.05. The van der Waals surface area contributed by atoms with Crippen LogP contribution in [0.1, 0.15) is 12.5 Å². The first-order valence-electron chi connectivity index (χ1n) is 3.85. The summed E-state index contributed by atoms with van der Waals surface area (Å²) in [5.41, 5.74) is 2.72. The highest BCUT2D eigenvalue weighted by Crippen LogP contribution is 2.33. The number of hydrogen-bond donors (Lipinski definition) is 0. The summed E-state index contributed by atoms with van der Waals surface area (Å²) in [6.45, 7) is 2.16. The molecule has 0 N–H and O–H groups in total. The molecule has 1 aliphatic rings. The first-order valence-corrected chi connectivity index (χ1v) is 5.21. The molecule has 0 atom stereocenters. The van der Waals surface area contributed by atoms with Crippen LogP contribution in [0.4, 0.5) is 0 Å². The molecule has 1 heterocycles. The topological polar surface area (TPSA) is 0 Å². The Kier molecular flexibility index (Phi) is 2.16. The van der Waals surface area contributed by atoms with E-state index in [1.54, 1.807) is 0 Å². The molecule has 0 saturated carbocycles. The van der Waals surface area contributed by atoms with Crippen LogP contribution in [0.25, 0.3) is 6.08 Å². The minimum atomic E-state index is 0.828. The van der Waals surface area contributed by atoms with Gasteiger partial charge >= 0.3 is 0 Å². The highest BCUT2D eigenvalue weighted by atomic mass is 35.5. The Balaban J connectivity index is 2.51. The van der Waals surface area contributed by atoms with E-state index in [0.717, 1.165) is 10.8 Å². The van der Waals surface area contributed by atoms with Crippen molar-refractivity contribution in [3.05, 3.63) is 34.4 Å². The van der Waals surface area contributed by atoms with Crippen LogP contribution in [-0.2, 0) is 0 Å². The van der Waals surface area contributed by atoms with Crippen LogP contribution in [0.15, 0.2) is 28.7 Å². The van der Waals surface area contributed by atoms with Crippen LogP contribution >= 0.6 is 23.4 Å². The lowest BCUT2D eigenvalue weighted by Crippen LogP contribution is -1.91. The molecule has 62 valence electrons. The molecule has 0 unspecified atom stereocenters. The Morgan fingerprint density at radius 3 is 3.08 bits per heavy atom. The molecular weight excluding hydrogens is 188 g/mol. The number of thioether (sulfide) groups is 1. The zero-order valence-corrected chi connectivity index (χ0v) is 8.38. The van der Waals surface area contributed by atoms with Crippen LogP contribution in [-0.4, -0.2) is 5.75 Å². The fourth-order valence-corrected chi connectivity index (χ4v) is 2.46. The highest BCUT2D eigenvalue weighted by molar-refractivity contribution is 7.99. The second-order valence-corrected chi connectivity index (χ2v) is 4.42. The fraction of sp³-hybridized carbons (Fsp3) is 0.200. The highest BCUT2D eigenvalue weighted by Gasteiger charge is 2.07. The lowest BCUT2D eigenvalue weighted by molar-refractivity contribution is 1.33. The molecule has 0 spiro atoms. The maximum atomic E-state index is 5.88. The first kappa shape index (κ1) is 8.21. The number of fused-ring (bicyclic) bond motifs is 1. The van der Waals surface area contributed by atoms with Gasteiger partial charge in [-0.1, -0.05) is 29.3 Å². The Morgan fingerprint density at radius 1 is 1.42 bits per heavy atom. The van der Waals surface area contributed by atoms with Crippen molar-refractivity contribution in [1.29, 1.82) is 0 Å². The molecule has 2 rings (SSSR count). The smallest absolute Gasteiger partial charge is 0.0417 e. The second-order valence-electron chi connectivity index (χ2n) is 2.96. The van der Waals surface area contributed by atoms with Gasteiger partial charge in [-0.2, -0.15) is 0 Å². The molecule has 0 bridgehead atoms. The number of benzene rings is 1. The van der Waals surface area contributed by atoms with E-state index in [1.165, 1.54) is 16.0 Å². The summed E-state index contributed by atoms with van der Waals surface area (Å²) in [5, 5.41) is 0.828. The van der Waals surface area contributed by atoms with Gasteiger partial charge < -0.3 is 0 Å². The van der Waals surface area contributed by atoms with E-state index in [4.69, 9.17) is 11.6 Å². The third-order valence-electron chi connectivity index (χ3n) is 1.83.